The predicted molar refractivity (Wildman–Crippen MR) is 116 cm³/mol. The molecule has 0 saturated heterocycles. The van der Waals surface area contributed by atoms with Crippen LogP contribution in [0.4, 0.5) is 17.6 Å². The Labute approximate surface area is 180 Å². The highest BCUT2D eigenvalue weighted by atomic mass is 19.2. The Balaban J connectivity index is 1.60. The first kappa shape index (κ1) is 23.0. The van der Waals surface area contributed by atoms with Crippen molar-refractivity contribution in [1.82, 2.24) is 0 Å². The van der Waals surface area contributed by atoms with Crippen LogP contribution in [0.25, 0.3) is 11.1 Å². The van der Waals surface area contributed by atoms with Crippen molar-refractivity contribution in [1.29, 1.82) is 0 Å². The van der Waals surface area contributed by atoms with Crippen LogP contribution in [0, 0.1) is 11.6 Å². The van der Waals surface area contributed by atoms with Gasteiger partial charge in [0.1, 0.15) is 0 Å². The summed E-state index contributed by atoms with van der Waals surface area (Å²) in [5.41, 5.74) is 1.16. The molecule has 0 aliphatic heterocycles. The second kappa shape index (κ2) is 10.1. The standard InChI is InChI=1S/C26H26F4O/c1-16(2)23(27)24(28)17(3)15-31-20-11-9-19(10-12-20)22-14-13-21(25(29)26(22)30)18-7-5-4-6-8-18/h4-8,13-14,19-20H,1,3,9-12,15H2,2H3/b24-23-. The molecule has 1 aliphatic carbocycles. The summed E-state index contributed by atoms with van der Waals surface area (Å²) in [4.78, 5) is 0. The number of rotatable bonds is 7. The normalized spacial score (nSPS) is 19.6. The second-order valence-corrected chi connectivity index (χ2v) is 7.99. The molecular weight excluding hydrogens is 404 g/mol. The molecule has 0 spiro atoms. The molecule has 1 aliphatic rings. The average Bonchev–Trinajstić information content (AvgIpc) is 2.79. The predicted octanol–water partition coefficient (Wildman–Crippen LogP) is 7.96. The Hall–Kier alpha value is -2.66. The molecule has 0 N–H and O–H groups in total. The number of benzene rings is 2. The topological polar surface area (TPSA) is 9.23 Å². The highest BCUT2D eigenvalue weighted by molar-refractivity contribution is 5.64. The van der Waals surface area contributed by atoms with Crippen LogP contribution in [-0.2, 0) is 4.74 Å². The highest BCUT2D eigenvalue weighted by Gasteiger charge is 2.27. The first-order valence-electron chi connectivity index (χ1n) is 10.3. The molecule has 1 saturated carbocycles. The number of allylic oxidation sites excluding steroid dienone is 2. The van der Waals surface area contributed by atoms with E-state index in [1.807, 2.05) is 6.07 Å². The van der Waals surface area contributed by atoms with Gasteiger partial charge in [-0.2, -0.15) is 0 Å². The molecular formula is C26H26F4O. The summed E-state index contributed by atoms with van der Waals surface area (Å²) in [6.07, 6.45) is 2.32. The first-order chi connectivity index (χ1) is 14.8. The Bertz CT molecular complexity index is 986. The summed E-state index contributed by atoms with van der Waals surface area (Å²) in [6.45, 7) is 8.14. The van der Waals surface area contributed by atoms with Crippen LogP contribution < -0.4 is 0 Å². The van der Waals surface area contributed by atoms with Crippen molar-refractivity contribution in [3.8, 4) is 11.1 Å². The van der Waals surface area contributed by atoms with E-state index in [9.17, 15) is 17.6 Å². The lowest BCUT2D eigenvalue weighted by Crippen LogP contribution is -2.22. The number of halogens is 4. The van der Waals surface area contributed by atoms with Gasteiger partial charge in [-0.15, -0.1) is 0 Å². The van der Waals surface area contributed by atoms with Crippen LogP contribution in [0.2, 0.25) is 0 Å². The van der Waals surface area contributed by atoms with E-state index in [0.717, 1.165) is 0 Å². The van der Waals surface area contributed by atoms with E-state index in [4.69, 9.17) is 4.74 Å². The Morgan fingerprint density at radius 2 is 1.55 bits per heavy atom. The van der Waals surface area contributed by atoms with Crippen molar-refractivity contribution in [3.63, 3.8) is 0 Å². The average molecular weight is 430 g/mol. The number of hydrogen-bond acceptors (Lipinski definition) is 1. The van der Waals surface area contributed by atoms with Gasteiger partial charge in [0.2, 0.25) is 0 Å². The summed E-state index contributed by atoms with van der Waals surface area (Å²) in [6, 6.07) is 12.2. The zero-order valence-electron chi connectivity index (χ0n) is 17.6. The molecule has 0 radical (unpaired) electrons. The molecule has 1 nitrogen and oxygen atoms in total. The van der Waals surface area contributed by atoms with E-state index in [-0.39, 0.29) is 35.3 Å². The Kier molecular flexibility index (Phi) is 7.50. The van der Waals surface area contributed by atoms with E-state index in [1.54, 1.807) is 36.4 Å². The first-order valence-corrected chi connectivity index (χ1v) is 10.3. The molecule has 1 fully saturated rings. The molecule has 0 aromatic heterocycles. The molecule has 2 aromatic carbocycles. The van der Waals surface area contributed by atoms with E-state index in [2.05, 4.69) is 13.2 Å². The molecule has 2 aromatic rings. The Morgan fingerprint density at radius 3 is 2.16 bits per heavy atom. The van der Waals surface area contributed by atoms with Gasteiger partial charge in [-0.25, -0.2) is 17.6 Å². The van der Waals surface area contributed by atoms with Gasteiger partial charge in [-0.3, -0.25) is 0 Å². The van der Waals surface area contributed by atoms with Crippen molar-refractivity contribution < 1.29 is 22.3 Å². The van der Waals surface area contributed by atoms with Gasteiger partial charge >= 0.3 is 0 Å². The smallest absolute Gasteiger partial charge is 0.166 e. The van der Waals surface area contributed by atoms with Crippen molar-refractivity contribution in [2.45, 2.75) is 44.6 Å². The molecule has 3 rings (SSSR count). The van der Waals surface area contributed by atoms with Gasteiger partial charge in [0.15, 0.2) is 23.3 Å². The molecule has 164 valence electrons. The Morgan fingerprint density at radius 1 is 0.903 bits per heavy atom. The summed E-state index contributed by atoms with van der Waals surface area (Å²) in [7, 11) is 0. The highest BCUT2D eigenvalue weighted by Crippen LogP contribution is 2.38. The fourth-order valence-corrected chi connectivity index (χ4v) is 3.89. The molecule has 5 heteroatoms. The van der Waals surface area contributed by atoms with Crippen molar-refractivity contribution >= 4 is 0 Å². The zero-order chi connectivity index (χ0) is 22.5. The van der Waals surface area contributed by atoms with Gasteiger partial charge in [0, 0.05) is 11.1 Å². The van der Waals surface area contributed by atoms with Crippen LogP contribution in [0.1, 0.15) is 44.1 Å². The molecule has 0 bridgehead atoms. The minimum Gasteiger partial charge on any atom is -0.373 e. The van der Waals surface area contributed by atoms with Crippen molar-refractivity contribution in [3.05, 3.63) is 95.6 Å². The fraction of sp³-hybridized carbons (Fsp3) is 0.308. The van der Waals surface area contributed by atoms with Crippen LogP contribution in [-0.4, -0.2) is 12.7 Å². The monoisotopic (exact) mass is 430 g/mol. The van der Waals surface area contributed by atoms with E-state index >= 15 is 0 Å². The summed E-state index contributed by atoms with van der Waals surface area (Å²) in [5.74, 6) is -3.81. The number of ether oxygens (including phenoxy) is 1. The van der Waals surface area contributed by atoms with Gasteiger partial charge in [0.25, 0.3) is 0 Å². The molecule has 0 amide bonds. The maximum absolute atomic E-state index is 14.8. The van der Waals surface area contributed by atoms with Gasteiger partial charge in [-0.1, -0.05) is 55.6 Å². The zero-order valence-corrected chi connectivity index (χ0v) is 17.6. The summed E-state index contributed by atoms with van der Waals surface area (Å²) < 4.78 is 62.7. The second-order valence-electron chi connectivity index (χ2n) is 7.99. The van der Waals surface area contributed by atoms with Gasteiger partial charge in [0.05, 0.1) is 12.7 Å². The lowest BCUT2D eigenvalue weighted by molar-refractivity contribution is 0.0381. The lowest BCUT2D eigenvalue weighted by atomic mass is 9.82. The molecule has 31 heavy (non-hydrogen) atoms. The minimum absolute atomic E-state index is 0.00769. The van der Waals surface area contributed by atoms with Gasteiger partial charge in [-0.05, 0) is 55.2 Å². The summed E-state index contributed by atoms with van der Waals surface area (Å²) >= 11 is 0. The molecule has 0 unspecified atom stereocenters. The van der Waals surface area contributed by atoms with E-state index in [1.165, 1.54) is 6.92 Å². The molecule has 0 atom stereocenters. The number of hydrogen-bond donors (Lipinski definition) is 0. The quantitative estimate of drug-likeness (QED) is 0.320. The third-order valence-corrected chi connectivity index (χ3v) is 5.68. The maximum atomic E-state index is 14.8. The van der Waals surface area contributed by atoms with Gasteiger partial charge < -0.3 is 4.74 Å². The van der Waals surface area contributed by atoms with E-state index in [0.29, 0.717) is 36.8 Å². The fourth-order valence-electron chi connectivity index (χ4n) is 3.89. The van der Waals surface area contributed by atoms with Crippen LogP contribution in [0.15, 0.2) is 78.4 Å². The summed E-state index contributed by atoms with van der Waals surface area (Å²) in [5, 5.41) is 0. The maximum Gasteiger partial charge on any atom is 0.166 e. The van der Waals surface area contributed by atoms with Crippen LogP contribution in [0.3, 0.4) is 0 Å². The van der Waals surface area contributed by atoms with Crippen molar-refractivity contribution in [2.24, 2.45) is 0 Å². The van der Waals surface area contributed by atoms with Crippen LogP contribution >= 0.6 is 0 Å². The lowest BCUT2D eigenvalue weighted by Gasteiger charge is -2.29. The van der Waals surface area contributed by atoms with Crippen molar-refractivity contribution in [2.75, 3.05) is 6.61 Å². The third kappa shape index (κ3) is 5.34. The SMILES string of the molecule is C=C(C)/C(F)=C(/F)C(=C)COC1CCC(c2ccc(-c3ccccc3)c(F)c2F)CC1. The van der Waals surface area contributed by atoms with E-state index < -0.39 is 23.3 Å². The largest absolute Gasteiger partial charge is 0.373 e. The third-order valence-electron chi connectivity index (χ3n) is 5.68. The minimum atomic E-state index is -1.04. The molecule has 0 heterocycles. The van der Waals surface area contributed by atoms with Crippen LogP contribution in [0.5, 0.6) is 0 Å².